The zero-order chi connectivity index (χ0) is 10.2. The van der Waals surface area contributed by atoms with Crippen LogP contribution in [0, 0.1) is 0 Å². The molecular formula is C10H18N2O2. The summed E-state index contributed by atoms with van der Waals surface area (Å²) < 4.78 is 0. The highest BCUT2D eigenvalue weighted by atomic mass is 16.3. The van der Waals surface area contributed by atoms with Crippen molar-refractivity contribution in [2.24, 2.45) is 5.73 Å². The van der Waals surface area contributed by atoms with Gasteiger partial charge < -0.3 is 16.2 Å². The first-order chi connectivity index (χ1) is 6.60. The normalized spacial score (nSPS) is 35.0. The number of amides is 1. The Labute approximate surface area is 83.9 Å². The highest BCUT2D eigenvalue weighted by Gasteiger charge is 2.39. The predicted octanol–water partition coefficient (Wildman–Crippen LogP) is -0.103. The lowest BCUT2D eigenvalue weighted by Gasteiger charge is -2.34. The van der Waals surface area contributed by atoms with Crippen LogP contribution in [-0.4, -0.2) is 28.7 Å². The van der Waals surface area contributed by atoms with Crippen molar-refractivity contribution in [3.63, 3.8) is 0 Å². The highest BCUT2D eigenvalue weighted by Crippen LogP contribution is 2.28. The second-order valence-electron chi connectivity index (χ2n) is 4.66. The topological polar surface area (TPSA) is 75.4 Å². The number of rotatable bonds is 2. The maximum Gasteiger partial charge on any atom is 0.240 e. The standard InChI is InChI=1S/C10H18N2O2/c11-10(3-1-2-4-10)9(14)12-7-5-8(13)6-7/h7-8,13H,1-6,11H2,(H,12,14). The molecule has 2 aliphatic rings. The van der Waals surface area contributed by atoms with Crippen LogP contribution in [0.3, 0.4) is 0 Å². The average Bonchev–Trinajstić information content (AvgIpc) is 2.51. The lowest BCUT2D eigenvalue weighted by atomic mass is 9.88. The van der Waals surface area contributed by atoms with Crippen molar-refractivity contribution in [2.45, 2.75) is 56.2 Å². The van der Waals surface area contributed by atoms with Crippen molar-refractivity contribution in [1.29, 1.82) is 0 Å². The van der Waals surface area contributed by atoms with E-state index in [1.807, 2.05) is 0 Å². The SMILES string of the molecule is NC1(C(=O)NC2CC(O)C2)CCCC1. The molecule has 80 valence electrons. The van der Waals surface area contributed by atoms with Crippen molar-refractivity contribution >= 4 is 5.91 Å². The summed E-state index contributed by atoms with van der Waals surface area (Å²) in [6.07, 6.45) is 4.85. The molecule has 2 fully saturated rings. The van der Waals surface area contributed by atoms with E-state index in [0.717, 1.165) is 25.7 Å². The second-order valence-corrected chi connectivity index (χ2v) is 4.66. The van der Waals surface area contributed by atoms with Crippen LogP contribution in [0.25, 0.3) is 0 Å². The summed E-state index contributed by atoms with van der Waals surface area (Å²) in [5, 5.41) is 12.0. The minimum atomic E-state index is -0.624. The highest BCUT2D eigenvalue weighted by molar-refractivity contribution is 5.86. The van der Waals surface area contributed by atoms with E-state index >= 15 is 0 Å². The smallest absolute Gasteiger partial charge is 0.240 e. The van der Waals surface area contributed by atoms with Gasteiger partial charge in [-0.15, -0.1) is 0 Å². The number of hydrogen-bond donors (Lipinski definition) is 3. The molecule has 0 radical (unpaired) electrons. The van der Waals surface area contributed by atoms with Crippen LogP contribution in [0.4, 0.5) is 0 Å². The zero-order valence-corrected chi connectivity index (χ0v) is 8.33. The van der Waals surface area contributed by atoms with E-state index in [9.17, 15) is 4.79 Å². The fourth-order valence-corrected chi connectivity index (χ4v) is 2.27. The van der Waals surface area contributed by atoms with Crippen LogP contribution < -0.4 is 11.1 Å². The van der Waals surface area contributed by atoms with E-state index in [-0.39, 0.29) is 18.1 Å². The van der Waals surface area contributed by atoms with Gasteiger partial charge in [-0.1, -0.05) is 12.8 Å². The zero-order valence-electron chi connectivity index (χ0n) is 8.33. The molecule has 2 saturated carbocycles. The molecule has 0 aromatic carbocycles. The molecule has 4 N–H and O–H groups in total. The number of nitrogens with one attached hydrogen (secondary N) is 1. The molecule has 1 amide bonds. The lowest BCUT2D eigenvalue weighted by Crippen LogP contribution is -2.57. The molecule has 0 aromatic heterocycles. The first-order valence-electron chi connectivity index (χ1n) is 5.38. The van der Waals surface area contributed by atoms with Gasteiger partial charge in [0.2, 0.25) is 5.91 Å². The summed E-state index contributed by atoms with van der Waals surface area (Å²) in [5.41, 5.74) is 5.37. The summed E-state index contributed by atoms with van der Waals surface area (Å²) in [5.74, 6) is -0.0214. The van der Waals surface area contributed by atoms with Gasteiger partial charge in [0, 0.05) is 6.04 Å². The third-order valence-electron chi connectivity index (χ3n) is 3.40. The van der Waals surface area contributed by atoms with E-state index < -0.39 is 5.54 Å². The van der Waals surface area contributed by atoms with E-state index in [1.165, 1.54) is 0 Å². The maximum absolute atomic E-state index is 11.8. The van der Waals surface area contributed by atoms with Crippen LogP contribution in [0.2, 0.25) is 0 Å². The Morgan fingerprint density at radius 2 is 1.93 bits per heavy atom. The Kier molecular flexibility index (Phi) is 2.49. The first-order valence-corrected chi connectivity index (χ1v) is 5.38. The van der Waals surface area contributed by atoms with E-state index in [2.05, 4.69) is 5.32 Å². The minimum absolute atomic E-state index is 0.0214. The van der Waals surface area contributed by atoms with Crippen molar-refractivity contribution in [3.05, 3.63) is 0 Å². The Balaban J connectivity index is 1.83. The lowest BCUT2D eigenvalue weighted by molar-refractivity contribution is -0.128. The molecule has 0 spiro atoms. The van der Waals surface area contributed by atoms with Gasteiger partial charge in [-0.2, -0.15) is 0 Å². The molecule has 0 bridgehead atoms. The van der Waals surface area contributed by atoms with Crippen LogP contribution in [0.15, 0.2) is 0 Å². The molecule has 14 heavy (non-hydrogen) atoms. The number of aliphatic hydroxyl groups excluding tert-OH is 1. The quantitative estimate of drug-likeness (QED) is 0.580. The Morgan fingerprint density at radius 1 is 1.36 bits per heavy atom. The molecule has 4 heteroatoms. The van der Waals surface area contributed by atoms with Crippen LogP contribution in [-0.2, 0) is 4.79 Å². The number of hydrogen-bond acceptors (Lipinski definition) is 3. The Hall–Kier alpha value is -0.610. The van der Waals surface area contributed by atoms with Crippen LogP contribution in [0.5, 0.6) is 0 Å². The Bertz CT molecular complexity index is 230. The molecule has 0 saturated heterocycles. The number of nitrogens with two attached hydrogens (primary N) is 1. The monoisotopic (exact) mass is 198 g/mol. The van der Waals surface area contributed by atoms with E-state index in [4.69, 9.17) is 10.8 Å². The van der Waals surface area contributed by atoms with Gasteiger partial charge in [-0.25, -0.2) is 0 Å². The molecule has 2 rings (SSSR count). The summed E-state index contributed by atoms with van der Waals surface area (Å²) in [7, 11) is 0. The molecule has 2 aliphatic carbocycles. The van der Waals surface area contributed by atoms with Gasteiger partial charge in [-0.05, 0) is 25.7 Å². The van der Waals surface area contributed by atoms with Crippen LogP contribution >= 0.6 is 0 Å². The average molecular weight is 198 g/mol. The molecule has 0 atom stereocenters. The van der Waals surface area contributed by atoms with Gasteiger partial charge in [-0.3, -0.25) is 4.79 Å². The molecule has 0 unspecified atom stereocenters. The summed E-state index contributed by atoms with van der Waals surface area (Å²) in [4.78, 5) is 11.8. The third kappa shape index (κ3) is 1.77. The fourth-order valence-electron chi connectivity index (χ4n) is 2.27. The molecule has 0 heterocycles. The summed E-state index contributed by atoms with van der Waals surface area (Å²) in [6.45, 7) is 0. The van der Waals surface area contributed by atoms with Gasteiger partial charge in [0.15, 0.2) is 0 Å². The van der Waals surface area contributed by atoms with Crippen molar-refractivity contribution in [2.75, 3.05) is 0 Å². The molecule has 4 nitrogen and oxygen atoms in total. The van der Waals surface area contributed by atoms with Gasteiger partial charge in [0.05, 0.1) is 11.6 Å². The summed E-state index contributed by atoms with van der Waals surface area (Å²) in [6, 6.07) is 0.151. The van der Waals surface area contributed by atoms with Crippen molar-refractivity contribution in [1.82, 2.24) is 5.32 Å². The van der Waals surface area contributed by atoms with Crippen molar-refractivity contribution < 1.29 is 9.90 Å². The second kappa shape index (κ2) is 3.51. The minimum Gasteiger partial charge on any atom is -0.393 e. The van der Waals surface area contributed by atoms with Gasteiger partial charge in [0.1, 0.15) is 0 Å². The largest absolute Gasteiger partial charge is 0.393 e. The third-order valence-corrected chi connectivity index (χ3v) is 3.40. The number of carbonyl (C=O) groups is 1. The van der Waals surface area contributed by atoms with Crippen molar-refractivity contribution in [3.8, 4) is 0 Å². The predicted molar refractivity (Wildman–Crippen MR) is 52.6 cm³/mol. The van der Waals surface area contributed by atoms with Gasteiger partial charge >= 0.3 is 0 Å². The van der Waals surface area contributed by atoms with E-state index in [1.54, 1.807) is 0 Å². The fraction of sp³-hybridized carbons (Fsp3) is 0.900. The maximum atomic E-state index is 11.8. The first kappa shape index (κ1) is 9.93. The number of carbonyl (C=O) groups excluding carboxylic acids is 1. The molecular weight excluding hydrogens is 180 g/mol. The summed E-state index contributed by atoms with van der Waals surface area (Å²) >= 11 is 0. The molecule has 0 aliphatic heterocycles. The Morgan fingerprint density at radius 3 is 2.43 bits per heavy atom. The van der Waals surface area contributed by atoms with E-state index in [0.29, 0.717) is 12.8 Å². The van der Waals surface area contributed by atoms with Gasteiger partial charge in [0.25, 0.3) is 0 Å². The number of aliphatic hydroxyl groups is 1. The van der Waals surface area contributed by atoms with Crippen LogP contribution in [0.1, 0.15) is 38.5 Å². The molecule has 0 aromatic rings.